The molecule has 0 bridgehead atoms. The number of aliphatic hydroxyl groups is 1. The Morgan fingerprint density at radius 2 is 2.08 bits per heavy atom. The lowest BCUT2D eigenvalue weighted by Crippen LogP contribution is -2.61. The fourth-order valence-corrected chi connectivity index (χ4v) is 1.99. The Morgan fingerprint density at radius 1 is 1.46 bits per heavy atom. The number of aliphatic hydroxyl groups excluding tert-OH is 1. The Morgan fingerprint density at radius 3 is 2.54 bits per heavy atom. The fraction of sp³-hybridized carbons (Fsp3) is 1.00. The Balaban J connectivity index is 2.60. The van der Waals surface area contributed by atoms with E-state index in [0.717, 1.165) is 13.1 Å². The van der Waals surface area contributed by atoms with Gasteiger partial charge in [-0.1, -0.05) is 0 Å². The van der Waals surface area contributed by atoms with Crippen LogP contribution in [0.2, 0.25) is 0 Å². The first-order chi connectivity index (χ1) is 5.95. The van der Waals surface area contributed by atoms with Crippen LogP contribution in [0.5, 0.6) is 0 Å². The van der Waals surface area contributed by atoms with Crippen molar-refractivity contribution in [3.05, 3.63) is 0 Å². The highest BCUT2D eigenvalue weighted by Gasteiger charge is 2.31. The minimum Gasteiger partial charge on any atom is -0.395 e. The Labute approximate surface area is 81.1 Å². The van der Waals surface area contributed by atoms with Crippen LogP contribution in [-0.4, -0.2) is 47.3 Å². The van der Waals surface area contributed by atoms with Crippen molar-refractivity contribution in [3.63, 3.8) is 0 Å². The Bertz CT molecular complexity index is 165. The molecule has 3 heteroatoms. The van der Waals surface area contributed by atoms with Crippen LogP contribution in [-0.2, 0) is 0 Å². The number of hydrogen-bond acceptors (Lipinski definition) is 3. The van der Waals surface area contributed by atoms with Crippen LogP contribution in [0, 0.1) is 0 Å². The third-order valence-electron chi connectivity index (χ3n) is 2.73. The summed E-state index contributed by atoms with van der Waals surface area (Å²) < 4.78 is 0. The molecule has 2 unspecified atom stereocenters. The average molecular weight is 186 g/mol. The van der Waals surface area contributed by atoms with Crippen LogP contribution in [0.1, 0.15) is 27.7 Å². The van der Waals surface area contributed by atoms with Crippen molar-refractivity contribution in [2.24, 2.45) is 0 Å². The summed E-state index contributed by atoms with van der Waals surface area (Å²) >= 11 is 0. The van der Waals surface area contributed by atoms with E-state index in [1.807, 2.05) is 0 Å². The van der Waals surface area contributed by atoms with Crippen LogP contribution in [0.3, 0.4) is 0 Å². The molecule has 0 aromatic carbocycles. The predicted molar refractivity (Wildman–Crippen MR) is 54.8 cm³/mol. The largest absolute Gasteiger partial charge is 0.395 e. The molecule has 1 aliphatic heterocycles. The van der Waals surface area contributed by atoms with Gasteiger partial charge in [0.05, 0.1) is 6.61 Å². The van der Waals surface area contributed by atoms with Gasteiger partial charge in [0.15, 0.2) is 0 Å². The van der Waals surface area contributed by atoms with Crippen molar-refractivity contribution in [3.8, 4) is 0 Å². The second kappa shape index (κ2) is 3.95. The van der Waals surface area contributed by atoms with Crippen molar-refractivity contribution in [1.29, 1.82) is 0 Å². The molecule has 1 heterocycles. The number of nitrogens with zero attached hydrogens (tertiary/aromatic N) is 1. The van der Waals surface area contributed by atoms with Gasteiger partial charge in [0.25, 0.3) is 0 Å². The third kappa shape index (κ3) is 2.66. The van der Waals surface area contributed by atoms with Gasteiger partial charge in [-0.2, -0.15) is 0 Å². The zero-order chi connectivity index (χ0) is 10.1. The molecule has 0 amide bonds. The van der Waals surface area contributed by atoms with Crippen molar-refractivity contribution in [1.82, 2.24) is 10.2 Å². The van der Waals surface area contributed by atoms with Gasteiger partial charge in [-0.25, -0.2) is 0 Å². The molecule has 1 saturated heterocycles. The van der Waals surface area contributed by atoms with Crippen molar-refractivity contribution >= 4 is 0 Å². The van der Waals surface area contributed by atoms with E-state index in [4.69, 9.17) is 5.11 Å². The highest BCUT2D eigenvalue weighted by atomic mass is 16.3. The summed E-state index contributed by atoms with van der Waals surface area (Å²) in [6.45, 7) is 11.1. The molecule has 0 aromatic heterocycles. The van der Waals surface area contributed by atoms with Gasteiger partial charge in [0.1, 0.15) is 0 Å². The first-order valence-electron chi connectivity index (χ1n) is 5.06. The summed E-state index contributed by atoms with van der Waals surface area (Å²) in [7, 11) is 0. The van der Waals surface area contributed by atoms with Crippen molar-refractivity contribution in [2.75, 3.05) is 19.7 Å². The minimum atomic E-state index is 0.203. The molecular formula is C10H22N2O. The van der Waals surface area contributed by atoms with E-state index in [9.17, 15) is 0 Å². The summed E-state index contributed by atoms with van der Waals surface area (Å²) in [5.74, 6) is 0. The zero-order valence-corrected chi connectivity index (χ0v) is 9.17. The van der Waals surface area contributed by atoms with Gasteiger partial charge in [-0.15, -0.1) is 0 Å². The van der Waals surface area contributed by atoms with Crippen LogP contribution in [0.25, 0.3) is 0 Å². The maximum atomic E-state index is 9.07. The monoisotopic (exact) mass is 186 g/mol. The summed E-state index contributed by atoms with van der Waals surface area (Å²) in [5, 5.41) is 12.4. The molecule has 2 N–H and O–H groups in total. The summed E-state index contributed by atoms with van der Waals surface area (Å²) in [4.78, 5) is 2.45. The van der Waals surface area contributed by atoms with E-state index in [2.05, 4.69) is 37.9 Å². The summed E-state index contributed by atoms with van der Waals surface area (Å²) in [5.41, 5.74) is 0.203. The second-order valence-corrected chi connectivity index (χ2v) is 4.96. The van der Waals surface area contributed by atoms with Gasteiger partial charge in [-0.05, 0) is 27.7 Å². The average Bonchev–Trinajstić information content (AvgIpc) is 2.03. The summed E-state index contributed by atoms with van der Waals surface area (Å²) in [6, 6.07) is 0.804. The van der Waals surface area contributed by atoms with Crippen LogP contribution in [0.4, 0.5) is 0 Å². The van der Waals surface area contributed by atoms with Crippen LogP contribution >= 0.6 is 0 Å². The first-order valence-corrected chi connectivity index (χ1v) is 5.06. The molecule has 1 aliphatic rings. The SMILES string of the molecule is CC1CNC(CO)CN1C(C)(C)C. The molecular weight excluding hydrogens is 164 g/mol. The minimum absolute atomic E-state index is 0.203. The fourth-order valence-electron chi connectivity index (χ4n) is 1.99. The smallest absolute Gasteiger partial charge is 0.0597 e. The highest BCUT2D eigenvalue weighted by molar-refractivity contribution is 4.90. The zero-order valence-electron chi connectivity index (χ0n) is 9.17. The maximum Gasteiger partial charge on any atom is 0.0597 e. The standard InChI is InChI=1S/C10H22N2O/c1-8-5-11-9(7-13)6-12(8)10(2,3)4/h8-9,11,13H,5-7H2,1-4H3. The Hall–Kier alpha value is -0.120. The lowest BCUT2D eigenvalue weighted by molar-refractivity contribution is 0.0362. The number of nitrogens with one attached hydrogen (secondary N) is 1. The van der Waals surface area contributed by atoms with Gasteiger partial charge < -0.3 is 10.4 Å². The van der Waals surface area contributed by atoms with E-state index >= 15 is 0 Å². The van der Waals surface area contributed by atoms with E-state index in [1.54, 1.807) is 0 Å². The first kappa shape index (κ1) is 11.0. The maximum absolute atomic E-state index is 9.07. The quantitative estimate of drug-likeness (QED) is 0.624. The normalized spacial score (nSPS) is 32.1. The van der Waals surface area contributed by atoms with Crippen LogP contribution < -0.4 is 5.32 Å². The topological polar surface area (TPSA) is 35.5 Å². The molecule has 0 aromatic rings. The molecule has 1 rings (SSSR count). The number of hydrogen-bond donors (Lipinski definition) is 2. The van der Waals surface area contributed by atoms with Gasteiger partial charge >= 0.3 is 0 Å². The van der Waals surface area contributed by atoms with Gasteiger partial charge in [0, 0.05) is 30.7 Å². The molecule has 13 heavy (non-hydrogen) atoms. The third-order valence-corrected chi connectivity index (χ3v) is 2.73. The molecule has 0 radical (unpaired) electrons. The summed E-state index contributed by atoms with van der Waals surface area (Å²) in [6.07, 6.45) is 0. The lowest BCUT2D eigenvalue weighted by Gasteiger charge is -2.46. The molecule has 0 saturated carbocycles. The van der Waals surface area contributed by atoms with Crippen molar-refractivity contribution in [2.45, 2.75) is 45.3 Å². The predicted octanol–water partition coefficient (Wildman–Crippen LogP) is 0.439. The highest BCUT2D eigenvalue weighted by Crippen LogP contribution is 2.19. The molecule has 2 atom stereocenters. The van der Waals surface area contributed by atoms with Crippen molar-refractivity contribution < 1.29 is 5.11 Å². The second-order valence-electron chi connectivity index (χ2n) is 4.96. The molecule has 78 valence electrons. The van der Waals surface area contributed by atoms with E-state index in [0.29, 0.717) is 6.04 Å². The lowest BCUT2D eigenvalue weighted by atomic mass is 9.99. The Kier molecular flexibility index (Phi) is 3.33. The molecule has 0 aliphatic carbocycles. The molecule has 3 nitrogen and oxygen atoms in total. The van der Waals surface area contributed by atoms with E-state index < -0.39 is 0 Å². The van der Waals surface area contributed by atoms with Crippen LogP contribution in [0.15, 0.2) is 0 Å². The van der Waals surface area contributed by atoms with Gasteiger partial charge in [-0.3, -0.25) is 4.90 Å². The van der Waals surface area contributed by atoms with Gasteiger partial charge in [0.2, 0.25) is 0 Å². The van der Waals surface area contributed by atoms with E-state index in [-0.39, 0.29) is 18.2 Å². The number of rotatable bonds is 1. The molecule has 1 fully saturated rings. The number of piperazine rings is 1. The molecule has 0 spiro atoms. The van der Waals surface area contributed by atoms with E-state index in [1.165, 1.54) is 0 Å².